The van der Waals surface area contributed by atoms with Gasteiger partial charge < -0.3 is 15.5 Å². The van der Waals surface area contributed by atoms with E-state index >= 15 is 0 Å². The van der Waals surface area contributed by atoms with Gasteiger partial charge in [0.1, 0.15) is 11.6 Å². The number of nitrogens with zero attached hydrogens (tertiary/aromatic N) is 3. The number of methoxy groups -OCH3 is 1. The highest BCUT2D eigenvalue weighted by atomic mass is 19.1. The molecule has 0 bridgehead atoms. The fourth-order valence-electron chi connectivity index (χ4n) is 3.87. The Morgan fingerprint density at radius 3 is 2.65 bits per heavy atom. The molecule has 1 aliphatic carbocycles. The van der Waals surface area contributed by atoms with Gasteiger partial charge in [-0.2, -0.15) is 4.98 Å². The van der Waals surface area contributed by atoms with Gasteiger partial charge in [-0.25, -0.2) is 18.6 Å². The smallest absolute Gasteiger partial charge is 0.326 e. The molecule has 3 heterocycles. The predicted octanol–water partition coefficient (Wildman–Crippen LogP) is 3.46. The molecular formula is C22H19F2N5O2. The van der Waals surface area contributed by atoms with Gasteiger partial charge >= 0.3 is 5.69 Å². The van der Waals surface area contributed by atoms with Crippen molar-refractivity contribution in [3.05, 3.63) is 69.3 Å². The number of ether oxygens (including phenoxy) is 1. The Bertz CT molecular complexity index is 1410. The van der Waals surface area contributed by atoms with Crippen LogP contribution in [0.25, 0.3) is 27.8 Å². The van der Waals surface area contributed by atoms with Crippen molar-refractivity contribution in [1.82, 2.24) is 19.5 Å². The highest BCUT2D eigenvalue weighted by Crippen LogP contribution is 2.32. The molecule has 0 atom stereocenters. The van der Waals surface area contributed by atoms with Crippen LogP contribution in [0.4, 0.5) is 8.78 Å². The average molecular weight is 423 g/mol. The van der Waals surface area contributed by atoms with Crippen molar-refractivity contribution >= 4 is 27.8 Å². The zero-order valence-electron chi connectivity index (χ0n) is 16.7. The van der Waals surface area contributed by atoms with Crippen molar-refractivity contribution in [2.45, 2.75) is 25.8 Å². The molecule has 0 amide bonds. The largest absolute Gasteiger partial charge is 0.481 e. The molecule has 9 heteroatoms. The van der Waals surface area contributed by atoms with E-state index in [-0.39, 0.29) is 12.1 Å². The Balaban J connectivity index is 1.63. The number of hydrogen-bond donors (Lipinski definition) is 2. The lowest BCUT2D eigenvalue weighted by atomic mass is 9.88. The first kappa shape index (κ1) is 19.2. The van der Waals surface area contributed by atoms with E-state index in [2.05, 4.69) is 15.0 Å². The van der Waals surface area contributed by atoms with E-state index in [1.54, 1.807) is 12.1 Å². The summed E-state index contributed by atoms with van der Waals surface area (Å²) < 4.78 is 36.2. The zero-order chi connectivity index (χ0) is 21.7. The van der Waals surface area contributed by atoms with Gasteiger partial charge in [0.2, 0.25) is 5.88 Å². The highest BCUT2D eigenvalue weighted by molar-refractivity contribution is 6.00. The molecule has 0 aliphatic heterocycles. The van der Waals surface area contributed by atoms with Crippen molar-refractivity contribution < 1.29 is 13.5 Å². The number of halogens is 2. The minimum absolute atomic E-state index is 0.218. The number of benzene rings is 1. The number of nitrogens with two attached hydrogens (primary N) is 1. The van der Waals surface area contributed by atoms with Gasteiger partial charge in [-0.05, 0) is 43.0 Å². The molecule has 1 saturated carbocycles. The van der Waals surface area contributed by atoms with Crippen molar-refractivity contribution in [3.8, 4) is 5.88 Å². The molecule has 7 nitrogen and oxygen atoms in total. The Hall–Kier alpha value is -3.75. The quantitative estimate of drug-likeness (QED) is 0.524. The predicted molar refractivity (Wildman–Crippen MR) is 113 cm³/mol. The molecular weight excluding hydrogens is 404 g/mol. The standard InChI is InChI=1S/C22H19F2N5O2/c1-31-18-6-5-13-20-17(9-26-21(13)28-18)27-22(30)29(20)10-14-15(23)7-12(8-16(14)24)19(25)11-3-2-4-11/h5-9H,2-4,10,25H2,1H3,(H,27,30). The summed E-state index contributed by atoms with van der Waals surface area (Å²) in [5, 5.41) is 0.563. The molecule has 1 aromatic carbocycles. The maximum atomic E-state index is 14.9. The number of rotatable bonds is 4. The average Bonchev–Trinajstić information content (AvgIpc) is 3.04. The molecule has 5 rings (SSSR count). The molecule has 3 aromatic heterocycles. The van der Waals surface area contributed by atoms with Crippen LogP contribution in [0.2, 0.25) is 0 Å². The first-order valence-electron chi connectivity index (χ1n) is 9.84. The van der Waals surface area contributed by atoms with Crippen molar-refractivity contribution in [2.75, 3.05) is 7.11 Å². The third-order valence-corrected chi connectivity index (χ3v) is 5.75. The van der Waals surface area contributed by atoms with Crippen LogP contribution < -0.4 is 16.2 Å². The molecule has 3 N–H and O–H groups in total. The lowest BCUT2D eigenvalue weighted by molar-refractivity contribution is 0.399. The van der Waals surface area contributed by atoms with E-state index in [0.29, 0.717) is 39.2 Å². The van der Waals surface area contributed by atoms with E-state index < -0.39 is 17.3 Å². The van der Waals surface area contributed by atoms with Gasteiger partial charge in [-0.15, -0.1) is 0 Å². The van der Waals surface area contributed by atoms with Gasteiger partial charge in [0.25, 0.3) is 0 Å². The summed E-state index contributed by atoms with van der Waals surface area (Å²) in [6, 6.07) is 5.80. The third-order valence-electron chi connectivity index (χ3n) is 5.75. The van der Waals surface area contributed by atoms with Crippen LogP contribution in [-0.2, 0) is 6.54 Å². The molecule has 0 radical (unpaired) electrons. The van der Waals surface area contributed by atoms with E-state index in [1.807, 2.05) is 0 Å². The maximum Gasteiger partial charge on any atom is 0.326 e. The SMILES string of the molecule is COc1ccc2c(ncc3[nH]c(=O)n(Cc4c(F)cc(C(N)=C5CCC5)cc4F)c32)n1. The van der Waals surface area contributed by atoms with Crippen LogP contribution in [0.15, 0.2) is 40.8 Å². The van der Waals surface area contributed by atoms with Crippen LogP contribution >= 0.6 is 0 Å². The number of hydrogen-bond acceptors (Lipinski definition) is 5. The second-order valence-electron chi connectivity index (χ2n) is 7.55. The molecule has 0 unspecified atom stereocenters. The molecule has 0 spiro atoms. The number of H-pyrrole nitrogens is 1. The molecule has 0 saturated heterocycles. The number of fused-ring (bicyclic) bond motifs is 3. The Kier molecular flexibility index (Phi) is 4.46. The Morgan fingerprint density at radius 2 is 2.00 bits per heavy atom. The second-order valence-corrected chi connectivity index (χ2v) is 7.55. The van der Waals surface area contributed by atoms with Crippen LogP contribution in [0.3, 0.4) is 0 Å². The first-order valence-corrected chi connectivity index (χ1v) is 9.84. The van der Waals surface area contributed by atoms with Crippen molar-refractivity contribution in [1.29, 1.82) is 0 Å². The van der Waals surface area contributed by atoms with Crippen LogP contribution in [0.1, 0.15) is 30.4 Å². The third kappa shape index (κ3) is 3.13. The summed E-state index contributed by atoms with van der Waals surface area (Å²) in [6.45, 7) is -0.293. The Morgan fingerprint density at radius 1 is 1.26 bits per heavy atom. The molecule has 4 aromatic rings. The van der Waals surface area contributed by atoms with E-state index in [4.69, 9.17) is 10.5 Å². The fourth-order valence-corrected chi connectivity index (χ4v) is 3.87. The van der Waals surface area contributed by atoms with Gasteiger partial charge in [-0.3, -0.25) is 4.57 Å². The van der Waals surface area contributed by atoms with Crippen molar-refractivity contribution in [2.24, 2.45) is 5.73 Å². The summed E-state index contributed by atoms with van der Waals surface area (Å²) in [4.78, 5) is 23.8. The van der Waals surface area contributed by atoms with Crippen molar-refractivity contribution in [3.63, 3.8) is 0 Å². The minimum atomic E-state index is -0.753. The van der Waals surface area contributed by atoms with Gasteiger partial charge in [0.15, 0.2) is 5.65 Å². The first-order chi connectivity index (χ1) is 15.0. The number of nitrogens with one attached hydrogen (secondary N) is 1. The maximum absolute atomic E-state index is 14.9. The van der Waals surface area contributed by atoms with Gasteiger partial charge in [0.05, 0.1) is 30.9 Å². The van der Waals surface area contributed by atoms with Crippen LogP contribution in [0, 0.1) is 11.6 Å². The molecule has 31 heavy (non-hydrogen) atoms. The van der Waals surface area contributed by atoms with E-state index in [9.17, 15) is 13.6 Å². The summed E-state index contributed by atoms with van der Waals surface area (Å²) >= 11 is 0. The van der Waals surface area contributed by atoms with E-state index in [0.717, 1.165) is 24.8 Å². The number of aromatic nitrogens is 4. The number of pyridine rings is 2. The molecule has 1 fully saturated rings. The molecule has 1 aliphatic rings. The highest BCUT2D eigenvalue weighted by Gasteiger charge is 2.20. The monoisotopic (exact) mass is 423 g/mol. The summed E-state index contributed by atoms with van der Waals surface area (Å²) in [5.41, 5.74) is 8.38. The lowest BCUT2D eigenvalue weighted by Crippen LogP contribution is -2.19. The summed E-state index contributed by atoms with van der Waals surface area (Å²) in [7, 11) is 1.49. The normalized spacial score (nSPS) is 13.6. The van der Waals surface area contributed by atoms with Gasteiger partial charge in [-0.1, -0.05) is 0 Å². The number of imidazole rings is 1. The Labute approximate surface area is 175 Å². The topological polar surface area (TPSA) is 98.8 Å². The fraction of sp³-hybridized carbons (Fsp3) is 0.227. The summed E-state index contributed by atoms with van der Waals surface area (Å²) in [6.07, 6.45) is 4.19. The minimum Gasteiger partial charge on any atom is -0.481 e. The lowest BCUT2D eigenvalue weighted by Gasteiger charge is -2.20. The van der Waals surface area contributed by atoms with E-state index in [1.165, 1.54) is 30.0 Å². The summed E-state index contributed by atoms with van der Waals surface area (Å²) in [5.74, 6) is -1.14. The van der Waals surface area contributed by atoms with Crippen LogP contribution in [0.5, 0.6) is 5.88 Å². The van der Waals surface area contributed by atoms with Gasteiger partial charge in [0, 0.05) is 28.3 Å². The second kappa shape index (κ2) is 7.19. The van der Waals surface area contributed by atoms with Crippen LogP contribution in [-0.4, -0.2) is 26.6 Å². The molecule has 158 valence electrons. The number of aromatic amines is 1. The zero-order valence-corrected chi connectivity index (χ0v) is 16.7. The number of allylic oxidation sites excluding steroid dienone is 1.